The summed E-state index contributed by atoms with van der Waals surface area (Å²) in [6.45, 7) is 0. The number of hydrogen-bond donors (Lipinski definition) is 3. The van der Waals surface area contributed by atoms with Gasteiger partial charge in [0, 0.05) is 6.20 Å². The lowest BCUT2D eigenvalue weighted by molar-refractivity contribution is 1.02. The van der Waals surface area contributed by atoms with Gasteiger partial charge in [0.2, 0.25) is 0 Å². The number of anilines is 1. The van der Waals surface area contributed by atoms with E-state index in [2.05, 4.69) is 15.6 Å². The average Bonchev–Trinajstić information content (AvgIpc) is 2.48. The molecule has 0 aliphatic carbocycles. The van der Waals surface area contributed by atoms with Crippen molar-refractivity contribution in [3.05, 3.63) is 28.8 Å². The summed E-state index contributed by atoms with van der Waals surface area (Å²) in [6.07, 6.45) is 1.61. The minimum Gasteiger partial charge on any atom is -0.321 e. The molecule has 0 atom stereocenters. The largest absolute Gasteiger partial charge is 0.347 e. The molecule has 0 spiro atoms. The number of pyridine rings is 1. The highest BCUT2D eigenvalue weighted by atomic mass is 16.1. The molecule has 6 heteroatoms. The molecule has 0 radical (unpaired) electrons. The van der Waals surface area contributed by atoms with Crippen molar-refractivity contribution in [3.63, 3.8) is 0 Å². The highest BCUT2D eigenvalue weighted by molar-refractivity contribution is 5.65. The Morgan fingerprint density at radius 1 is 1.67 bits per heavy atom. The number of H-pyrrole nitrogens is 1. The van der Waals surface area contributed by atoms with Crippen molar-refractivity contribution in [3.8, 4) is 0 Å². The molecule has 0 saturated heterocycles. The van der Waals surface area contributed by atoms with Gasteiger partial charge < -0.3 is 5.43 Å². The molecular formula is C6H7N5O. The second-order valence-corrected chi connectivity index (χ2v) is 2.29. The van der Waals surface area contributed by atoms with Gasteiger partial charge >= 0.3 is 5.69 Å². The summed E-state index contributed by atoms with van der Waals surface area (Å²) in [5.41, 5.74) is 3.26. The van der Waals surface area contributed by atoms with Gasteiger partial charge in [0.05, 0.1) is 5.69 Å². The Morgan fingerprint density at radius 2 is 2.50 bits per heavy atom. The van der Waals surface area contributed by atoms with E-state index < -0.39 is 0 Å². The van der Waals surface area contributed by atoms with Crippen LogP contribution >= 0.6 is 0 Å². The first kappa shape index (κ1) is 6.86. The predicted octanol–water partition coefficient (Wildman–Crippen LogP) is -0.692. The van der Waals surface area contributed by atoms with Gasteiger partial charge in [-0.2, -0.15) is 5.10 Å². The molecule has 2 rings (SSSR count). The molecule has 62 valence electrons. The van der Waals surface area contributed by atoms with Crippen LogP contribution in [0.25, 0.3) is 5.65 Å². The van der Waals surface area contributed by atoms with Crippen LogP contribution in [0, 0.1) is 0 Å². The highest BCUT2D eigenvalue weighted by Crippen LogP contribution is 2.09. The third kappa shape index (κ3) is 0.785. The maximum Gasteiger partial charge on any atom is 0.347 e. The first-order chi connectivity index (χ1) is 5.83. The number of hydrogen-bond acceptors (Lipinski definition) is 4. The molecule has 0 aromatic carbocycles. The van der Waals surface area contributed by atoms with Crippen molar-refractivity contribution in [1.29, 1.82) is 0 Å². The van der Waals surface area contributed by atoms with E-state index in [1.165, 1.54) is 4.40 Å². The summed E-state index contributed by atoms with van der Waals surface area (Å²) >= 11 is 0. The molecule has 0 bridgehead atoms. The van der Waals surface area contributed by atoms with Crippen LogP contribution in [0.2, 0.25) is 0 Å². The van der Waals surface area contributed by atoms with Crippen molar-refractivity contribution in [2.24, 2.45) is 5.84 Å². The number of rotatable bonds is 1. The predicted molar refractivity (Wildman–Crippen MR) is 43.6 cm³/mol. The van der Waals surface area contributed by atoms with E-state index in [1.54, 1.807) is 18.3 Å². The number of aromatic amines is 1. The van der Waals surface area contributed by atoms with E-state index in [0.29, 0.717) is 11.3 Å². The maximum atomic E-state index is 11.0. The second kappa shape index (κ2) is 2.35. The van der Waals surface area contributed by atoms with Crippen molar-refractivity contribution < 1.29 is 0 Å². The minimum atomic E-state index is -0.276. The Balaban J connectivity index is 2.90. The molecule has 0 unspecified atom stereocenters. The molecule has 2 aromatic heterocycles. The van der Waals surface area contributed by atoms with Gasteiger partial charge in [0.15, 0.2) is 5.65 Å². The first-order valence-corrected chi connectivity index (χ1v) is 3.35. The first-order valence-electron chi connectivity index (χ1n) is 3.35. The topological polar surface area (TPSA) is 88.2 Å². The zero-order valence-electron chi connectivity index (χ0n) is 6.11. The Labute approximate surface area is 67.0 Å². The SMILES string of the molecule is NNc1cccn2c(=O)[nH]nc12. The van der Waals surface area contributed by atoms with Gasteiger partial charge in [-0.1, -0.05) is 0 Å². The monoisotopic (exact) mass is 165 g/mol. The van der Waals surface area contributed by atoms with Gasteiger partial charge in [-0.3, -0.25) is 5.84 Å². The molecule has 0 amide bonds. The zero-order chi connectivity index (χ0) is 8.55. The van der Waals surface area contributed by atoms with Gasteiger partial charge in [-0.25, -0.2) is 14.3 Å². The molecule has 0 aliphatic rings. The zero-order valence-corrected chi connectivity index (χ0v) is 6.11. The van der Waals surface area contributed by atoms with E-state index in [9.17, 15) is 4.79 Å². The Kier molecular flexibility index (Phi) is 1.34. The van der Waals surface area contributed by atoms with Crippen molar-refractivity contribution in [2.75, 3.05) is 5.43 Å². The fraction of sp³-hybridized carbons (Fsp3) is 0. The molecule has 4 N–H and O–H groups in total. The van der Waals surface area contributed by atoms with Crippen LogP contribution in [-0.2, 0) is 0 Å². The van der Waals surface area contributed by atoms with Gasteiger partial charge in [-0.05, 0) is 12.1 Å². The van der Waals surface area contributed by atoms with Crippen LogP contribution in [0.5, 0.6) is 0 Å². The highest BCUT2D eigenvalue weighted by Gasteiger charge is 2.02. The summed E-state index contributed by atoms with van der Waals surface area (Å²) < 4.78 is 1.37. The van der Waals surface area contributed by atoms with E-state index in [-0.39, 0.29) is 5.69 Å². The number of nitrogens with two attached hydrogens (primary N) is 1. The Hall–Kier alpha value is -1.82. The molecule has 0 saturated carbocycles. The molecule has 0 aliphatic heterocycles. The van der Waals surface area contributed by atoms with Crippen LogP contribution in [-0.4, -0.2) is 14.6 Å². The summed E-state index contributed by atoms with van der Waals surface area (Å²) in [4.78, 5) is 11.0. The Morgan fingerprint density at radius 3 is 3.25 bits per heavy atom. The van der Waals surface area contributed by atoms with Crippen LogP contribution in [0.15, 0.2) is 23.1 Å². The number of nitrogens with zero attached hydrogens (tertiary/aromatic N) is 2. The van der Waals surface area contributed by atoms with E-state index in [1.807, 2.05) is 0 Å². The van der Waals surface area contributed by atoms with Crippen LogP contribution in [0.4, 0.5) is 5.69 Å². The van der Waals surface area contributed by atoms with Gasteiger partial charge in [0.25, 0.3) is 0 Å². The molecule has 0 fully saturated rings. The lowest BCUT2D eigenvalue weighted by Gasteiger charge is -1.98. The number of fused-ring (bicyclic) bond motifs is 1. The molecule has 6 nitrogen and oxygen atoms in total. The van der Waals surface area contributed by atoms with E-state index in [4.69, 9.17) is 5.84 Å². The number of hydrazine groups is 1. The Bertz CT molecular complexity index is 456. The quantitative estimate of drug-likeness (QED) is 0.385. The molecule has 12 heavy (non-hydrogen) atoms. The summed E-state index contributed by atoms with van der Waals surface area (Å²) in [6, 6.07) is 3.44. The summed E-state index contributed by atoms with van der Waals surface area (Å²) in [5.74, 6) is 5.21. The summed E-state index contributed by atoms with van der Waals surface area (Å²) in [5, 5.41) is 6.09. The third-order valence-electron chi connectivity index (χ3n) is 1.60. The molecule has 2 heterocycles. The fourth-order valence-corrected chi connectivity index (χ4v) is 1.05. The average molecular weight is 165 g/mol. The van der Waals surface area contributed by atoms with Gasteiger partial charge in [-0.15, -0.1) is 0 Å². The van der Waals surface area contributed by atoms with Crippen LogP contribution < -0.4 is 17.0 Å². The van der Waals surface area contributed by atoms with Crippen LogP contribution in [0.1, 0.15) is 0 Å². The van der Waals surface area contributed by atoms with Crippen LogP contribution in [0.3, 0.4) is 0 Å². The lowest BCUT2D eigenvalue weighted by Crippen LogP contribution is -2.11. The number of nitrogen functional groups attached to an aromatic ring is 1. The van der Waals surface area contributed by atoms with Crippen molar-refractivity contribution in [2.45, 2.75) is 0 Å². The maximum absolute atomic E-state index is 11.0. The third-order valence-corrected chi connectivity index (χ3v) is 1.60. The van der Waals surface area contributed by atoms with Gasteiger partial charge in [0.1, 0.15) is 0 Å². The van der Waals surface area contributed by atoms with E-state index in [0.717, 1.165) is 0 Å². The molecular weight excluding hydrogens is 158 g/mol. The van der Waals surface area contributed by atoms with Crippen molar-refractivity contribution in [1.82, 2.24) is 14.6 Å². The second-order valence-electron chi connectivity index (χ2n) is 2.29. The smallest absolute Gasteiger partial charge is 0.321 e. The minimum absolute atomic E-state index is 0.276. The summed E-state index contributed by atoms with van der Waals surface area (Å²) in [7, 11) is 0. The number of nitrogens with one attached hydrogen (secondary N) is 2. The van der Waals surface area contributed by atoms with Crippen molar-refractivity contribution >= 4 is 11.3 Å². The fourth-order valence-electron chi connectivity index (χ4n) is 1.05. The lowest BCUT2D eigenvalue weighted by atomic mass is 10.4. The number of aromatic nitrogens is 3. The van der Waals surface area contributed by atoms with E-state index >= 15 is 0 Å². The normalized spacial score (nSPS) is 10.4. The standard InChI is InChI=1S/C6H7N5O/c7-8-4-2-1-3-11-5(4)9-10-6(11)12/h1-3,8H,7H2,(H,10,12). The molecule has 2 aromatic rings.